The van der Waals surface area contributed by atoms with Crippen LogP contribution in [0.3, 0.4) is 0 Å². The number of nitrogens with one attached hydrogen (secondary N) is 1. The molecule has 0 fully saturated rings. The van der Waals surface area contributed by atoms with Gasteiger partial charge in [0.1, 0.15) is 0 Å². The Bertz CT molecular complexity index is 625. The van der Waals surface area contributed by atoms with Gasteiger partial charge in [0.2, 0.25) is 0 Å². The second kappa shape index (κ2) is 6.18. The predicted molar refractivity (Wildman–Crippen MR) is 82.9 cm³/mol. The summed E-state index contributed by atoms with van der Waals surface area (Å²) in [6.45, 7) is 9.14. The minimum Gasteiger partial charge on any atom is -0.315 e. The molecule has 1 heterocycles. The van der Waals surface area contributed by atoms with Crippen molar-refractivity contribution in [2.75, 3.05) is 13.1 Å². The molecule has 0 atom stereocenters. The van der Waals surface area contributed by atoms with Crippen LogP contribution in [-0.4, -0.2) is 22.6 Å². The predicted octanol–water partition coefficient (Wildman–Crippen LogP) is 2.42. The summed E-state index contributed by atoms with van der Waals surface area (Å²) in [6.07, 6.45) is 2.52. The van der Waals surface area contributed by atoms with Crippen LogP contribution >= 0.6 is 0 Å². The van der Waals surface area contributed by atoms with E-state index in [2.05, 4.69) is 31.1 Å². The minimum atomic E-state index is -0.0404. The van der Waals surface area contributed by atoms with Crippen molar-refractivity contribution in [1.29, 1.82) is 0 Å². The minimum absolute atomic E-state index is 0.0404. The maximum absolute atomic E-state index is 11.9. The van der Waals surface area contributed by atoms with E-state index in [0.29, 0.717) is 12.0 Å². The van der Waals surface area contributed by atoms with Gasteiger partial charge in [-0.15, -0.1) is 0 Å². The lowest BCUT2D eigenvalue weighted by atomic mass is 9.92. The average Bonchev–Trinajstić information content (AvgIpc) is 2.39. The number of aromatic nitrogens is 2. The summed E-state index contributed by atoms with van der Waals surface area (Å²) >= 11 is 0. The Balaban J connectivity index is 2.00. The van der Waals surface area contributed by atoms with E-state index in [-0.39, 0.29) is 5.56 Å². The molecule has 2 aromatic rings. The third kappa shape index (κ3) is 3.90. The highest BCUT2D eigenvalue weighted by Gasteiger charge is 2.09. The Hall–Kier alpha value is -1.68. The zero-order chi connectivity index (χ0) is 14.6. The van der Waals surface area contributed by atoms with Gasteiger partial charge in [-0.3, -0.25) is 4.79 Å². The summed E-state index contributed by atoms with van der Waals surface area (Å²) in [7, 11) is 0. The van der Waals surface area contributed by atoms with Crippen molar-refractivity contribution in [2.45, 2.75) is 33.7 Å². The monoisotopic (exact) mass is 273 g/mol. The lowest BCUT2D eigenvalue weighted by Gasteiger charge is -2.18. The lowest BCUT2D eigenvalue weighted by Crippen LogP contribution is -2.29. The molecule has 0 aliphatic rings. The van der Waals surface area contributed by atoms with Crippen molar-refractivity contribution >= 4 is 11.0 Å². The van der Waals surface area contributed by atoms with Crippen LogP contribution in [0.5, 0.6) is 0 Å². The normalized spacial score (nSPS) is 11.9. The summed E-state index contributed by atoms with van der Waals surface area (Å²) in [5, 5.41) is 3.40. The number of para-hydroxylation sites is 2. The standard InChI is InChI=1S/C16H23N3O/c1-16(2,3)8-9-17-10-11-19-14-7-5-4-6-13(14)18-12-15(19)20/h4-7,12,17H,8-11H2,1-3H3. The van der Waals surface area contributed by atoms with Gasteiger partial charge in [0, 0.05) is 13.1 Å². The fourth-order valence-corrected chi connectivity index (χ4v) is 2.12. The molecule has 0 bridgehead atoms. The lowest BCUT2D eigenvalue weighted by molar-refractivity contribution is 0.365. The highest BCUT2D eigenvalue weighted by molar-refractivity contribution is 5.74. The Morgan fingerprint density at radius 3 is 2.70 bits per heavy atom. The van der Waals surface area contributed by atoms with Crippen molar-refractivity contribution in [3.8, 4) is 0 Å². The molecular formula is C16H23N3O. The fraction of sp³-hybridized carbons (Fsp3) is 0.500. The topological polar surface area (TPSA) is 46.9 Å². The van der Waals surface area contributed by atoms with E-state index in [1.54, 1.807) is 4.57 Å². The van der Waals surface area contributed by atoms with Crippen LogP contribution in [0.25, 0.3) is 11.0 Å². The van der Waals surface area contributed by atoms with Gasteiger partial charge in [-0.1, -0.05) is 32.9 Å². The van der Waals surface area contributed by atoms with Gasteiger partial charge in [-0.2, -0.15) is 0 Å². The number of fused-ring (bicyclic) bond motifs is 1. The van der Waals surface area contributed by atoms with Gasteiger partial charge in [0.05, 0.1) is 17.2 Å². The van der Waals surface area contributed by atoms with Crippen molar-refractivity contribution in [3.05, 3.63) is 40.8 Å². The van der Waals surface area contributed by atoms with Gasteiger partial charge in [-0.05, 0) is 30.5 Å². The van der Waals surface area contributed by atoms with Crippen LogP contribution in [0.4, 0.5) is 0 Å². The quantitative estimate of drug-likeness (QED) is 0.851. The summed E-state index contributed by atoms with van der Waals surface area (Å²) < 4.78 is 1.78. The maximum Gasteiger partial charge on any atom is 0.269 e. The molecule has 0 saturated carbocycles. The molecule has 0 radical (unpaired) electrons. The van der Waals surface area contributed by atoms with Crippen molar-refractivity contribution in [1.82, 2.24) is 14.9 Å². The van der Waals surface area contributed by atoms with Gasteiger partial charge in [0.25, 0.3) is 5.56 Å². The summed E-state index contributed by atoms with van der Waals surface area (Å²) in [6, 6.07) is 7.75. The third-order valence-electron chi connectivity index (χ3n) is 3.32. The first-order valence-electron chi connectivity index (χ1n) is 7.13. The zero-order valence-electron chi connectivity index (χ0n) is 12.5. The van der Waals surface area contributed by atoms with E-state index >= 15 is 0 Å². The smallest absolute Gasteiger partial charge is 0.269 e. The molecule has 0 aliphatic carbocycles. The number of hydrogen-bond acceptors (Lipinski definition) is 3. The molecule has 108 valence electrons. The number of rotatable bonds is 5. The Labute approximate surface area is 119 Å². The first kappa shape index (κ1) is 14.7. The fourth-order valence-electron chi connectivity index (χ4n) is 2.12. The van der Waals surface area contributed by atoms with Crippen molar-refractivity contribution in [3.63, 3.8) is 0 Å². The van der Waals surface area contributed by atoms with Gasteiger partial charge in [0.15, 0.2) is 0 Å². The second-order valence-corrected chi connectivity index (χ2v) is 6.30. The highest BCUT2D eigenvalue weighted by atomic mass is 16.1. The molecule has 0 unspecified atom stereocenters. The molecule has 20 heavy (non-hydrogen) atoms. The Kier molecular flexibility index (Phi) is 4.55. The van der Waals surface area contributed by atoms with Gasteiger partial charge < -0.3 is 9.88 Å². The molecule has 4 heteroatoms. The summed E-state index contributed by atoms with van der Waals surface area (Å²) in [4.78, 5) is 16.1. The SMILES string of the molecule is CC(C)(C)CCNCCn1c(=O)cnc2ccccc21. The molecular weight excluding hydrogens is 250 g/mol. The Morgan fingerprint density at radius 2 is 1.95 bits per heavy atom. The molecule has 1 N–H and O–H groups in total. The first-order valence-corrected chi connectivity index (χ1v) is 7.13. The van der Waals surface area contributed by atoms with Crippen LogP contribution in [-0.2, 0) is 6.54 Å². The molecule has 0 amide bonds. The molecule has 2 rings (SSSR count). The molecule has 4 nitrogen and oxygen atoms in total. The van der Waals surface area contributed by atoms with Crippen molar-refractivity contribution < 1.29 is 0 Å². The van der Waals surface area contributed by atoms with Gasteiger partial charge in [-0.25, -0.2) is 4.98 Å². The summed E-state index contributed by atoms with van der Waals surface area (Å²) in [5.41, 5.74) is 2.06. The first-order chi connectivity index (χ1) is 9.47. The molecule has 0 saturated heterocycles. The van der Waals surface area contributed by atoms with Crippen LogP contribution in [0.2, 0.25) is 0 Å². The van der Waals surface area contributed by atoms with Gasteiger partial charge >= 0.3 is 0 Å². The third-order valence-corrected chi connectivity index (χ3v) is 3.32. The van der Waals surface area contributed by atoms with Crippen LogP contribution in [0.15, 0.2) is 35.3 Å². The number of hydrogen-bond donors (Lipinski definition) is 1. The molecule has 1 aromatic carbocycles. The van der Waals surface area contributed by atoms with E-state index in [4.69, 9.17) is 0 Å². The van der Waals surface area contributed by atoms with Crippen LogP contribution < -0.4 is 10.9 Å². The maximum atomic E-state index is 11.9. The van der Waals surface area contributed by atoms with E-state index < -0.39 is 0 Å². The summed E-state index contributed by atoms with van der Waals surface area (Å²) in [5.74, 6) is 0. The van der Waals surface area contributed by atoms with E-state index in [0.717, 1.165) is 30.5 Å². The van der Waals surface area contributed by atoms with E-state index in [1.807, 2.05) is 24.3 Å². The van der Waals surface area contributed by atoms with E-state index in [9.17, 15) is 4.79 Å². The molecule has 0 spiro atoms. The largest absolute Gasteiger partial charge is 0.315 e. The average molecular weight is 273 g/mol. The number of nitrogens with zero attached hydrogens (tertiary/aromatic N) is 2. The van der Waals surface area contributed by atoms with E-state index in [1.165, 1.54) is 6.20 Å². The van der Waals surface area contributed by atoms with Crippen LogP contribution in [0, 0.1) is 5.41 Å². The Morgan fingerprint density at radius 1 is 1.20 bits per heavy atom. The molecule has 0 aliphatic heterocycles. The van der Waals surface area contributed by atoms with Crippen molar-refractivity contribution in [2.24, 2.45) is 5.41 Å². The second-order valence-electron chi connectivity index (χ2n) is 6.30. The number of benzene rings is 1. The highest BCUT2D eigenvalue weighted by Crippen LogP contribution is 2.16. The zero-order valence-corrected chi connectivity index (χ0v) is 12.5. The molecule has 1 aromatic heterocycles. The van der Waals surface area contributed by atoms with Crippen LogP contribution in [0.1, 0.15) is 27.2 Å².